The van der Waals surface area contributed by atoms with Crippen molar-refractivity contribution in [3.8, 4) is 5.69 Å². The number of amides is 1. The zero-order valence-corrected chi connectivity index (χ0v) is 12.7. The third kappa shape index (κ3) is 3.23. The van der Waals surface area contributed by atoms with Crippen molar-refractivity contribution in [2.24, 2.45) is 0 Å². The molecule has 0 aliphatic carbocycles. The first-order chi connectivity index (χ1) is 10.6. The van der Waals surface area contributed by atoms with Gasteiger partial charge in [0.1, 0.15) is 0 Å². The summed E-state index contributed by atoms with van der Waals surface area (Å²) in [7, 11) is 0. The molecule has 6 heteroatoms. The van der Waals surface area contributed by atoms with Gasteiger partial charge in [0.15, 0.2) is 0 Å². The molecule has 22 heavy (non-hydrogen) atoms. The molecule has 2 rings (SSSR count). The SMILES string of the molecule is Cc1nn(-c2ccccc2)c(C)c1C(=O)C(=O)NCCCO. The van der Waals surface area contributed by atoms with Gasteiger partial charge < -0.3 is 10.4 Å². The molecule has 0 spiro atoms. The Balaban J connectivity index is 2.27. The number of aromatic nitrogens is 2. The van der Waals surface area contributed by atoms with Crippen LogP contribution in [-0.4, -0.2) is 39.7 Å². The number of nitrogens with one attached hydrogen (secondary N) is 1. The molecular formula is C16H19N3O3. The summed E-state index contributed by atoms with van der Waals surface area (Å²) in [5.41, 5.74) is 2.31. The van der Waals surface area contributed by atoms with Crippen LogP contribution in [0.5, 0.6) is 0 Å². The Morgan fingerprint density at radius 1 is 1.23 bits per heavy atom. The number of nitrogens with zero attached hydrogens (tertiary/aromatic N) is 2. The number of aliphatic hydroxyl groups excluding tert-OH is 1. The fraction of sp³-hybridized carbons (Fsp3) is 0.312. The molecule has 0 aliphatic heterocycles. The van der Waals surface area contributed by atoms with Crippen LogP contribution in [0.4, 0.5) is 0 Å². The summed E-state index contributed by atoms with van der Waals surface area (Å²) in [5, 5.41) is 15.6. The summed E-state index contributed by atoms with van der Waals surface area (Å²) in [4.78, 5) is 24.2. The minimum Gasteiger partial charge on any atom is -0.396 e. The second-order valence-corrected chi connectivity index (χ2v) is 4.96. The van der Waals surface area contributed by atoms with E-state index in [9.17, 15) is 9.59 Å². The van der Waals surface area contributed by atoms with Crippen LogP contribution in [0.1, 0.15) is 28.2 Å². The minimum absolute atomic E-state index is 0.0293. The molecule has 2 aromatic rings. The molecule has 2 N–H and O–H groups in total. The zero-order valence-electron chi connectivity index (χ0n) is 12.7. The van der Waals surface area contributed by atoms with Gasteiger partial charge in [-0.25, -0.2) is 4.68 Å². The summed E-state index contributed by atoms with van der Waals surface area (Å²) < 4.78 is 1.66. The maximum Gasteiger partial charge on any atom is 0.292 e. The van der Waals surface area contributed by atoms with Gasteiger partial charge in [0.25, 0.3) is 11.7 Å². The van der Waals surface area contributed by atoms with E-state index in [2.05, 4.69) is 10.4 Å². The maximum atomic E-state index is 12.3. The first-order valence-electron chi connectivity index (χ1n) is 7.11. The van der Waals surface area contributed by atoms with E-state index >= 15 is 0 Å². The summed E-state index contributed by atoms with van der Waals surface area (Å²) in [6.07, 6.45) is 0.417. The second kappa shape index (κ2) is 7.00. The number of hydrogen-bond donors (Lipinski definition) is 2. The lowest BCUT2D eigenvalue weighted by atomic mass is 10.1. The number of aryl methyl sites for hydroxylation is 1. The molecule has 1 aromatic carbocycles. The van der Waals surface area contributed by atoms with Crippen molar-refractivity contribution in [2.75, 3.05) is 13.2 Å². The predicted molar refractivity (Wildman–Crippen MR) is 82.1 cm³/mol. The number of rotatable bonds is 6. The van der Waals surface area contributed by atoms with Crippen molar-refractivity contribution >= 4 is 11.7 Å². The number of aliphatic hydroxyl groups is 1. The minimum atomic E-state index is -0.674. The molecular weight excluding hydrogens is 282 g/mol. The van der Waals surface area contributed by atoms with Crippen LogP contribution in [-0.2, 0) is 4.79 Å². The summed E-state index contributed by atoms with van der Waals surface area (Å²) in [6.45, 7) is 3.71. The van der Waals surface area contributed by atoms with Crippen LogP contribution in [0.3, 0.4) is 0 Å². The van der Waals surface area contributed by atoms with Crippen LogP contribution in [0.25, 0.3) is 5.69 Å². The Morgan fingerprint density at radius 3 is 2.55 bits per heavy atom. The Hall–Kier alpha value is -2.47. The van der Waals surface area contributed by atoms with Crippen molar-refractivity contribution in [1.82, 2.24) is 15.1 Å². The largest absolute Gasteiger partial charge is 0.396 e. The van der Waals surface area contributed by atoms with Crippen LogP contribution < -0.4 is 5.32 Å². The van der Waals surface area contributed by atoms with Gasteiger partial charge in [-0.2, -0.15) is 5.10 Å². The van der Waals surface area contributed by atoms with Gasteiger partial charge in [-0.05, 0) is 32.4 Å². The maximum absolute atomic E-state index is 12.3. The molecule has 0 unspecified atom stereocenters. The highest BCUT2D eigenvalue weighted by Gasteiger charge is 2.24. The normalized spacial score (nSPS) is 10.5. The third-order valence-corrected chi connectivity index (χ3v) is 3.35. The monoisotopic (exact) mass is 301 g/mol. The van der Waals surface area contributed by atoms with Crippen molar-refractivity contribution in [3.63, 3.8) is 0 Å². The molecule has 0 fully saturated rings. The van der Waals surface area contributed by atoms with E-state index in [-0.39, 0.29) is 13.2 Å². The van der Waals surface area contributed by atoms with Crippen molar-refractivity contribution < 1.29 is 14.7 Å². The van der Waals surface area contributed by atoms with Crippen LogP contribution in [0, 0.1) is 13.8 Å². The molecule has 0 radical (unpaired) electrons. The van der Waals surface area contributed by atoms with E-state index in [1.807, 2.05) is 30.3 Å². The predicted octanol–water partition coefficient (Wildman–Crippen LogP) is 1.17. The molecule has 0 saturated carbocycles. The number of Topliss-reactive ketones (excluding diaryl/α,β-unsaturated/α-hetero) is 1. The van der Waals surface area contributed by atoms with Crippen LogP contribution >= 0.6 is 0 Å². The van der Waals surface area contributed by atoms with Crippen LogP contribution in [0.15, 0.2) is 30.3 Å². The van der Waals surface area contributed by atoms with E-state index in [0.717, 1.165) is 5.69 Å². The lowest BCUT2D eigenvalue weighted by molar-refractivity contribution is -0.117. The number of benzene rings is 1. The average Bonchev–Trinajstić information content (AvgIpc) is 2.82. The van der Waals surface area contributed by atoms with Gasteiger partial charge in [0, 0.05) is 13.2 Å². The molecule has 116 valence electrons. The van der Waals surface area contributed by atoms with E-state index in [1.54, 1.807) is 18.5 Å². The highest BCUT2D eigenvalue weighted by atomic mass is 16.3. The lowest BCUT2D eigenvalue weighted by Gasteiger charge is -2.05. The molecule has 1 heterocycles. The number of hydrogen-bond acceptors (Lipinski definition) is 4. The molecule has 0 bridgehead atoms. The first kappa shape index (κ1) is 15.9. The zero-order chi connectivity index (χ0) is 16.1. The number of carbonyl (C=O) groups excluding carboxylic acids is 2. The van der Waals surface area contributed by atoms with Gasteiger partial charge in [0.2, 0.25) is 0 Å². The molecule has 0 saturated heterocycles. The van der Waals surface area contributed by atoms with Gasteiger partial charge >= 0.3 is 0 Å². The Labute approximate surface area is 128 Å². The number of carbonyl (C=O) groups is 2. The van der Waals surface area contributed by atoms with E-state index in [4.69, 9.17) is 5.11 Å². The van der Waals surface area contributed by atoms with Crippen LogP contribution in [0.2, 0.25) is 0 Å². The van der Waals surface area contributed by atoms with Gasteiger partial charge in [0.05, 0.1) is 22.6 Å². The molecule has 0 aliphatic rings. The average molecular weight is 301 g/mol. The van der Waals surface area contributed by atoms with E-state index in [1.165, 1.54) is 0 Å². The summed E-state index contributed by atoms with van der Waals surface area (Å²) in [6, 6.07) is 9.43. The standard InChI is InChI=1S/C16H19N3O3/c1-11-14(15(21)16(22)17-9-6-10-20)12(2)19(18-11)13-7-4-3-5-8-13/h3-5,7-8,20H,6,9-10H2,1-2H3,(H,17,22). The van der Waals surface area contributed by atoms with E-state index in [0.29, 0.717) is 23.4 Å². The first-order valence-corrected chi connectivity index (χ1v) is 7.11. The fourth-order valence-electron chi connectivity index (χ4n) is 2.27. The topological polar surface area (TPSA) is 84.2 Å². The number of ketones is 1. The summed E-state index contributed by atoms with van der Waals surface area (Å²) in [5.74, 6) is -1.28. The van der Waals surface area contributed by atoms with Gasteiger partial charge in [-0.15, -0.1) is 0 Å². The lowest BCUT2D eigenvalue weighted by Crippen LogP contribution is -2.32. The smallest absolute Gasteiger partial charge is 0.292 e. The molecule has 1 aromatic heterocycles. The summed E-state index contributed by atoms with van der Waals surface area (Å²) >= 11 is 0. The number of para-hydroxylation sites is 1. The quantitative estimate of drug-likeness (QED) is 0.476. The highest BCUT2D eigenvalue weighted by molar-refractivity contribution is 6.43. The van der Waals surface area contributed by atoms with E-state index < -0.39 is 11.7 Å². The Morgan fingerprint density at radius 2 is 1.91 bits per heavy atom. The van der Waals surface area contributed by atoms with Crippen molar-refractivity contribution in [3.05, 3.63) is 47.3 Å². The highest BCUT2D eigenvalue weighted by Crippen LogP contribution is 2.18. The van der Waals surface area contributed by atoms with Gasteiger partial charge in [-0.1, -0.05) is 18.2 Å². The van der Waals surface area contributed by atoms with Crippen molar-refractivity contribution in [2.45, 2.75) is 20.3 Å². The molecule has 0 atom stereocenters. The van der Waals surface area contributed by atoms with Gasteiger partial charge in [-0.3, -0.25) is 9.59 Å². The third-order valence-electron chi connectivity index (χ3n) is 3.35. The Kier molecular flexibility index (Phi) is 5.06. The molecule has 1 amide bonds. The second-order valence-electron chi connectivity index (χ2n) is 4.96. The Bertz CT molecular complexity index is 677. The fourth-order valence-corrected chi connectivity index (χ4v) is 2.27. The molecule has 6 nitrogen and oxygen atoms in total. The van der Waals surface area contributed by atoms with Crippen molar-refractivity contribution in [1.29, 1.82) is 0 Å².